The van der Waals surface area contributed by atoms with Gasteiger partial charge in [-0.3, -0.25) is 14.5 Å². The number of aliphatic hydroxyl groups excluding tert-OH is 1. The number of rotatable bonds is 5. The molecule has 0 radical (unpaired) electrons. The maximum Gasteiger partial charge on any atom is 0.573 e. The zero-order valence-electron chi connectivity index (χ0n) is 20.3. The van der Waals surface area contributed by atoms with Crippen molar-refractivity contribution in [2.24, 2.45) is 0 Å². The predicted octanol–water partition coefficient (Wildman–Crippen LogP) is 5.54. The van der Waals surface area contributed by atoms with Gasteiger partial charge in [-0.25, -0.2) is 0 Å². The number of nitrogens with zero attached hydrogens (tertiary/aromatic N) is 1. The van der Waals surface area contributed by atoms with Gasteiger partial charge in [0.05, 0.1) is 18.7 Å². The van der Waals surface area contributed by atoms with E-state index in [2.05, 4.69) is 4.74 Å². The second-order valence-corrected chi connectivity index (χ2v) is 8.95. The molecule has 2 aliphatic rings. The number of ether oxygens (including phenoxy) is 3. The molecule has 196 valence electrons. The van der Waals surface area contributed by atoms with Crippen molar-refractivity contribution in [1.82, 2.24) is 0 Å². The molecular weight excluding hydrogens is 503 g/mol. The highest BCUT2D eigenvalue weighted by molar-refractivity contribution is 6.51. The van der Waals surface area contributed by atoms with Gasteiger partial charge in [0.2, 0.25) is 0 Å². The molecule has 2 atom stereocenters. The number of Topliss-reactive ketones (excluding diaryl/α,β-unsaturated/α-hetero) is 1. The van der Waals surface area contributed by atoms with Crippen LogP contribution in [0.25, 0.3) is 5.76 Å². The van der Waals surface area contributed by atoms with Crippen molar-refractivity contribution >= 4 is 23.1 Å². The first kappa shape index (κ1) is 25.2. The Hall–Kier alpha value is -4.47. The summed E-state index contributed by atoms with van der Waals surface area (Å²) in [4.78, 5) is 27.7. The standard InChI is InChI=1S/C28H22F3NO6/c1-15-11-18-12-17(9-10-22(18)37-15)25(33)23-24(16-5-3-7-20(13-16)36-2)32(27(35)26(23)34)19-6-4-8-21(14-19)38-28(29,30)31/h3-10,12-15,24,33H,11H2,1-2H3/b25-23-. The lowest BCUT2D eigenvalue weighted by atomic mass is 9.94. The van der Waals surface area contributed by atoms with Crippen LogP contribution in [0, 0.1) is 0 Å². The van der Waals surface area contributed by atoms with E-state index in [1.54, 1.807) is 42.5 Å². The van der Waals surface area contributed by atoms with Crippen LogP contribution in [0.2, 0.25) is 0 Å². The number of methoxy groups -OCH3 is 1. The molecule has 1 saturated heterocycles. The third kappa shape index (κ3) is 4.65. The number of fused-ring (bicyclic) bond motifs is 1. The van der Waals surface area contributed by atoms with Crippen molar-refractivity contribution in [3.63, 3.8) is 0 Å². The van der Waals surface area contributed by atoms with Crippen LogP contribution < -0.4 is 19.1 Å². The number of alkyl halides is 3. The average molecular weight is 525 g/mol. The van der Waals surface area contributed by atoms with E-state index in [-0.39, 0.29) is 17.4 Å². The molecule has 3 aromatic rings. The Morgan fingerprint density at radius 3 is 2.50 bits per heavy atom. The Bertz CT molecular complexity index is 1460. The Morgan fingerprint density at radius 2 is 1.76 bits per heavy atom. The Kier molecular flexibility index (Phi) is 6.26. The minimum atomic E-state index is -4.95. The van der Waals surface area contributed by atoms with E-state index < -0.39 is 35.6 Å². The lowest BCUT2D eigenvalue weighted by molar-refractivity contribution is -0.274. The number of carbonyl (C=O) groups excluding carboxylic acids is 2. The lowest BCUT2D eigenvalue weighted by Gasteiger charge is -2.26. The molecule has 10 heteroatoms. The van der Waals surface area contributed by atoms with Crippen LogP contribution in [0.3, 0.4) is 0 Å². The monoisotopic (exact) mass is 525 g/mol. The topological polar surface area (TPSA) is 85.3 Å². The summed E-state index contributed by atoms with van der Waals surface area (Å²) in [5, 5.41) is 11.4. The highest BCUT2D eigenvalue weighted by Gasteiger charge is 2.47. The normalized spacial score (nSPS) is 20.3. The van der Waals surface area contributed by atoms with Crippen LogP contribution in [0.15, 0.2) is 72.3 Å². The van der Waals surface area contributed by atoms with Gasteiger partial charge in [0, 0.05) is 23.7 Å². The summed E-state index contributed by atoms with van der Waals surface area (Å²) in [5.74, 6) is -1.88. The second-order valence-electron chi connectivity index (χ2n) is 8.95. The molecular formula is C28H22F3NO6. The SMILES string of the molecule is COc1cccc(C2/C(=C(/O)c3ccc4c(c3)CC(C)O4)C(=O)C(=O)N2c2cccc(OC(F)(F)F)c2)c1. The van der Waals surface area contributed by atoms with E-state index in [1.165, 1.54) is 19.2 Å². The second kappa shape index (κ2) is 9.44. The Morgan fingerprint density at radius 1 is 1.03 bits per heavy atom. The van der Waals surface area contributed by atoms with Crippen LogP contribution in [-0.4, -0.2) is 36.4 Å². The van der Waals surface area contributed by atoms with Crippen molar-refractivity contribution < 1.29 is 42.1 Å². The molecule has 1 amide bonds. The quantitative estimate of drug-likeness (QED) is 0.267. The van der Waals surface area contributed by atoms with Gasteiger partial charge in [0.25, 0.3) is 11.7 Å². The van der Waals surface area contributed by atoms with Gasteiger partial charge >= 0.3 is 6.36 Å². The fraction of sp³-hybridized carbons (Fsp3) is 0.214. The van der Waals surface area contributed by atoms with Gasteiger partial charge in [-0.1, -0.05) is 18.2 Å². The van der Waals surface area contributed by atoms with E-state index in [4.69, 9.17) is 9.47 Å². The van der Waals surface area contributed by atoms with Crippen molar-refractivity contribution in [2.45, 2.75) is 31.9 Å². The zero-order valence-corrected chi connectivity index (χ0v) is 20.3. The molecule has 2 unspecified atom stereocenters. The third-order valence-electron chi connectivity index (χ3n) is 6.35. The number of benzene rings is 3. The first-order valence-corrected chi connectivity index (χ1v) is 11.7. The third-order valence-corrected chi connectivity index (χ3v) is 6.35. The lowest BCUT2D eigenvalue weighted by Crippen LogP contribution is -2.29. The predicted molar refractivity (Wildman–Crippen MR) is 131 cm³/mol. The van der Waals surface area contributed by atoms with Crippen molar-refractivity contribution in [3.8, 4) is 17.2 Å². The molecule has 3 aromatic carbocycles. The van der Waals surface area contributed by atoms with Gasteiger partial charge in [-0.2, -0.15) is 0 Å². The summed E-state index contributed by atoms with van der Waals surface area (Å²) < 4.78 is 53.6. The largest absolute Gasteiger partial charge is 0.573 e. The molecule has 0 bridgehead atoms. The fourth-order valence-electron chi connectivity index (χ4n) is 4.78. The minimum Gasteiger partial charge on any atom is -0.507 e. The van der Waals surface area contributed by atoms with Gasteiger partial charge in [-0.15, -0.1) is 13.2 Å². The number of aliphatic hydroxyl groups is 1. The zero-order chi connectivity index (χ0) is 27.2. The smallest absolute Gasteiger partial charge is 0.507 e. The molecule has 0 saturated carbocycles. The summed E-state index contributed by atoms with van der Waals surface area (Å²) >= 11 is 0. The highest BCUT2D eigenvalue weighted by Crippen LogP contribution is 2.44. The summed E-state index contributed by atoms with van der Waals surface area (Å²) in [7, 11) is 1.45. The van der Waals surface area contributed by atoms with E-state index >= 15 is 0 Å². The molecule has 5 rings (SSSR count). The molecule has 1 fully saturated rings. The fourth-order valence-corrected chi connectivity index (χ4v) is 4.78. The molecule has 0 aliphatic carbocycles. The number of carbonyl (C=O) groups is 2. The van der Waals surface area contributed by atoms with E-state index in [1.807, 2.05) is 6.92 Å². The van der Waals surface area contributed by atoms with Gasteiger partial charge in [0.15, 0.2) is 0 Å². The van der Waals surface area contributed by atoms with E-state index in [0.717, 1.165) is 22.6 Å². The molecule has 7 nitrogen and oxygen atoms in total. The number of ketones is 1. The van der Waals surface area contributed by atoms with Crippen LogP contribution in [0.5, 0.6) is 17.2 Å². The summed E-state index contributed by atoms with van der Waals surface area (Å²) in [6.45, 7) is 1.91. The van der Waals surface area contributed by atoms with Crippen LogP contribution in [0.1, 0.15) is 29.7 Å². The molecule has 0 aromatic heterocycles. The number of amides is 1. The maximum absolute atomic E-state index is 13.4. The molecule has 2 aliphatic heterocycles. The van der Waals surface area contributed by atoms with Gasteiger partial charge < -0.3 is 19.3 Å². The first-order chi connectivity index (χ1) is 18.1. The molecule has 0 spiro atoms. The van der Waals surface area contributed by atoms with Crippen LogP contribution >= 0.6 is 0 Å². The van der Waals surface area contributed by atoms with Crippen LogP contribution in [0.4, 0.5) is 18.9 Å². The van der Waals surface area contributed by atoms with Crippen molar-refractivity contribution in [2.75, 3.05) is 12.0 Å². The Balaban J connectivity index is 1.67. The molecule has 1 N–H and O–H groups in total. The summed E-state index contributed by atoms with van der Waals surface area (Å²) in [5.41, 5.74) is 1.33. The van der Waals surface area contributed by atoms with E-state index in [0.29, 0.717) is 29.0 Å². The number of hydrogen-bond donors (Lipinski definition) is 1. The van der Waals surface area contributed by atoms with Crippen LogP contribution in [-0.2, 0) is 16.0 Å². The van der Waals surface area contributed by atoms with Crippen molar-refractivity contribution in [3.05, 3.63) is 89.0 Å². The average Bonchev–Trinajstić information content (AvgIpc) is 3.38. The number of halogens is 3. The number of hydrogen-bond acceptors (Lipinski definition) is 6. The van der Waals surface area contributed by atoms with E-state index in [9.17, 15) is 27.9 Å². The number of anilines is 1. The summed E-state index contributed by atoms with van der Waals surface area (Å²) in [6.07, 6.45) is -4.39. The molecule has 38 heavy (non-hydrogen) atoms. The maximum atomic E-state index is 13.4. The first-order valence-electron chi connectivity index (χ1n) is 11.7. The minimum absolute atomic E-state index is 0.0168. The highest BCUT2D eigenvalue weighted by atomic mass is 19.4. The Labute approximate surface area is 215 Å². The summed E-state index contributed by atoms with van der Waals surface area (Å²) in [6, 6.07) is 15.1. The molecule has 2 heterocycles. The van der Waals surface area contributed by atoms with Gasteiger partial charge in [-0.05, 0) is 60.5 Å². The van der Waals surface area contributed by atoms with Gasteiger partial charge in [0.1, 0.15) is 29.1 Å². The van der Waals surface area contributed by atoms with Crippen molar-refractivity contribution in [1.29, 1.82) is 0 Å².